The Hall–Kier alpha value is -2.42. The first-order chi connectivity index (χ1) is 14.1. The minimum absolute atomic E-state index is 0.132. The first kappa shape index (κ1) is 21.3. The van der Waals surface area contributed by atoms with E-state index in [1.807, 2.05) is 30.3 Å². The lowest BCUT2D eigenvalue weighted by atomic mass is 10.1. The molecule has 0 radical (unpaired) electrons. The Morgan fingerprint density at radius 3 is 2.76 bits per heavy atom. The SMILES string of the molecule is O=C(CCCN1C(=O)/C(=C\c2ccco2)SC1=S)NC(CO)Cc1ccccc1. The highest BCUT2D eigenvalue weighted by Crippen LogP contribution is 2.32. The summed E-state index contributed by atoms with van der Waals surface area (Å²) in [6, 6.07) is 12.9. The lowest BCUT2D eigenvalue weighted by Gasteiger charge is -2.17. The van der Waals surface area contributed by atoms with Crippen molar-refractivity contribution in [2.24, 2.45) is 0 Å². The number of hydrogen-bond acceptors (Lipinski definition) is 6. The summed E-state index contributed by atoms with van der Waals surface area (Å²) in [6.07, 6.45) is 4.51. The van der Waals surface area contributed by atoms with Crippen LogP contribution >= 0.6 is 24.0 Å². The molecule has 1 unspecified atom stereocenters. The number of furan rings is 1. The first-order valence-electron chi connectivity index (χ1n) is 9.30. The molecule has 1 aromatic heterocycles. The number of nitrogens with zero attached hydrogens (tertiary/aromatic N) is 1. The van der Waals surface area contributed by atoms with Gasteiger partial charge in [0.05, 0.1) is 23.8 Å². The number of aliphatic hydroxyl groups excluding tert-OH is 1. The van der Waals surface area contributed by atoms with E-state index in [9.17, 15) is 14.7 Å². The summed E-state index contributed by atoms with van der Waals surface area (Å²) in [5, 5.41) is 12.4. The van der Waals surface area contributed by atoms with Crippen molar-refractivity contribution in [3.63, 3.8) is 0 Å². The normalized spacial score (nSPS) is 16.4. The number of carbonyl (C=O) groups excluding carboxylic acids is 2. The van der Waals surface area contributed by atoms with Crippen LogP contribution in [0.15, 0.2) is 58.1 Å². The van der Waals surface area contributed by atoms with Gasteiger partial charge in [-0.1, -0.05) is 54.3 Å². The van der Waals surface area contributed by atoms with Crippen molar-refractivity contribution >= 4 is 46.2 Å². The minimum atomic E-state index is -0.335. The Kier molecular flexibility index (Phi) is 7.62. The molecule has 1 atom stereocenters. The second-order valence-corrected chi connectivity index (χ2v) is 8.26. The van der Waals surface area contributed by atoms with E-state index in [0.29, 0.717) is 34.4 Å². The van der Waals surface area contributed by atoms with Crippen LogP contribution in [0.4, 0.5) is 0 Å². The quantitative estimate of drug-likeness (QED) is 0.470. The fourth-order valence-corrected chi connectivity index (χ4v) is 4.24. The molecule has 1 saturated heterocycles. The van der Waals surface area contributed by atoms with E-state index < -0.39 is 0 Å². The van der Waals surface area contributed by atoms with E-state index >= 15 is 0 Å². The van der Waals surface area contributed by atoms with E-state index in [1.165, 1.54) is 16.7 Å². The Bertz CT molecular complexity index is 881. The minimum Gasteiger partial charge on any atom is -0.465 e. The molecule has 0 saturated carbocycles. The summed E-state index contributed by atoms with van der Waals surface area (Å²) < 4.78 is 5.72. The Balaban J connectivity index is 1.46. The van der Waals surface area contributed by atoms with Crippen LogP contribution in [0, 0.1) is 0 Å². The molecule has 0 spiro atoms. The molecule has 152 valence electrons. The monoisotopic (exact) mass is 430 g/mol. The van der Waals surface area contributed by atoms with Crippen LogP contribution in [-0.4, -0.2) is 45.3 Å². The van der Waals surface area contributed by atoms with E-state index in [1.54, 1.807) is 24.5 Å². The zero-order chi connectivity index (χ0) is 20.6. The number of rotatable bonds is 9. The summed E-state index contributed by atoms with van der Waals surface area (Å²) in [7, 11) is 0. The maximum absolute atomic E-state index is 12.5. The van der Waals surface area contributed by atoms with Gasteiger partial charge in [0.25, 0.3) is 5.91 Å². The maximum Gasteiger partial charge on any atom is 0.266 e. The Morgan fingerprint density at radius 1 is 1.28 bits per heavy atom. The lowest BCUT2D eigenvalue weighted by Crippen LogP contribution is -2.39. The number of thiocarbonyl (C=S) groups is 1. The summed E-state index contributed by atoms with van der Waals surface area (Å²) in [6.45, 7) is 0.239. The zero-order valence-electron chi connectivity index (χ0n) is 15.7. The average Bonchev–Trinajstić information content (AvgIpc) is 3.32. The van der Waals surface area contributed by atoms with Gasteiger partial charge >= 0.3 is 0 Å². The zero-order valence-corrected chi connectivity index (χ0v) is 17.4. The molecule has 2 aromatic rings. The third-order valence-electron chi connectivity index (χ3n) is 4.39. The van der Waals surface area contributed by atoms with Crippen LogP contribution in [0.2, 0.25) is 0 Å². The Labute approximate surface area is 179 Å². The predicted octanol–water partition coefficient (Wildman–Crippen LogP) is 2.98. The first-order valence-corrected chi connectivity index (χ1v) is 10.5. The van der Waals surface area contributed by atoms with Gasteiger partial charge in [-0.05, 0) is 30.5 Å². The van der Waals surface area contributed by atoms with Gasteiger partial charge in [-0.3, -0.25) is 14.5 Å². The highest BCUT2D eigenvalue weighted by atomic mass is 32.2. The predicted molar refractivity (Wildman–Crippen MR) is 117 cm³/mol. The van der Waals surface area contributed by atoms with Crippen LogP contribution < -0.4 is 5.32 Å². The van der Waals surface area contributed by atoms with Crippen LogP contribution in [0.3, 0.4) is 0 Å². The van der Waals surface area contributed by atoms with Crippen LogP contribution in [0.1, 0.15) is 24.2 Å². The van der Waals surface area contributed by atoms with Gasteiger partial charge in [0.1, 0.15) is 10.1 Å². The van der Waals surface area contributed by atoms with E-state index in [0.717, 1.165) is 5.56 Å². The number of aliphatic hydroxyl groups is 1. The van der Waals surface area contributed by atoms with Crippen molar-refractivity contribution < 1.29 is 19.1 Å². The molecule has 1 aromatic carbocycles. The van der Waals surface area contributed by atoms with Crippen molar-refractivity contribution in [2.45, 2.75) is 25.3 Å². The van der Waals surface area contributed by atoms with Gasteiger partial charge in [-0.15, -0.1) is 0 Å². The number of benzene rings is 1. The molecule has 2 heterocycles. The third kappa shape index (κ3) is 6.03. The molecule has 6 nitrogen and oxygen atoms in total. The average molecular weight is 431 g/mol. The second kappa shape index (κ2) is 10.4. The van der Waals surface area contributed by atoms with Crippen LogP contribution in [0.25, 0.3) is 6.08 Å². The number of hydrogen-bond donors (Lipinski definition) is 2. The molecular weight excluding hydrogens is 408 g/mol. The van der Waals surface area contributed by atoms with E-state index in [2.05, 4.69) is 5.32 Å². The van der Waals surface area contributed by atoms with Gasteiger partial charge in [0.2, 0.25) is 5.91 Å². The van der Waals surface area contributed by atoms with Crippen molar-refractivity contribution in [3.05, 3.63) is 65.0 Å². The summed E-state index contributed by atoms with van der Waals surface area (Å²) in [5.41, 5.74) is 1.05. The van der Waals surface area contributed by atoms with Crippen LogP contribution in [0.5, 0.6) is 0 Å². The van der Waals surface area contributed by atoms with Gasteiger partial charge in [0, 0.05) is 19.0 Å². The highest BCUT2D eigenvalue weighted by molar-refractivity contribution is 8.26. The number of nitrogens with one attached hydrogen (secondary N) is 1. The smallest absolute Gasteiger partial charge is 0.266 e. The molecule has 2 amide bonds. The summed E-state index contributed by atoms with van der Waals surface area (Å²) in [5.74, 6) is 0.268. The van der Waals surface area contributed by atoms with E-state index in [-0.39, 0.29) is 30.9 Å². The number of thioether (sulfide) groups is 1. The third-order valence-corrected chi connectivity index (χ3v) is 5.76. The molecule has 2 N–H and O–H groups in total. The largest absolute Gasteiger partial charge is 0.465 e. The van der Waals surface area contributed by atoms with E-state index in [4.69, 9.17) is 16.6 Å². The molecule has 1 aliphatic rings. The molecule has 1 aliphatic heterocycles. The lowest BCUT2D eigenvalue weighted by molar-refractivity contribution is -0.124. The molecule has 0 aliphatic carbocycles. The molecule has 1 fully saturated rings. The standard InChI is InChI=1S/C21H22N2O4S2/c24-14-16(12-15-6-2-1-3-7-15)22-19(25)9-4-10-23-20(26)18(29-21(23)28)13-17-8-5-11-27-17/h1-3,5-8,11,13,16,24H,4,9-10,12,14H2,(H,22,25)/b18-13+. The molecular formula is C21H22N2O4S2. The van der Waals surface area contributed by atoms with Crippen LogP contribution in [-0.2, 0) is 16.0 Å². The molecule has 0 bridgehead atoms. The summed E-state index contributed by atoms with van der Waals surface area (Å²) in [4.78, 5) is 26.8. The molecule has 8 heteroatoms. The fourth-order valence-electron chi connectivity index (χ4n) is 2.95. The molecule has 3 rings (SSSR count). The van der Waals surface area contributed by atoms with Crippen molar-refractivity contribution in [3.8, 4) is 0 Å². The van der Waals surface area contributed by atoms with Gasteiger partial charge < -0.3 is 14.8 Å². The van der Waals surface area contributed by atoms with Crippen molar-refractivity contribution in [1.29, 1.82) is 0 Å². The van der Waals surface area contributed by atoms with Gasteiger partial charge in [-0.25, -0.2) is 0 Å². The topological polar surface area (TPSA) is 82.8 Å². The van der Waals surface area contributed by atoms with Gasteiger partial charge in [-0.2, -0.15) is 0 Å². The molecule has 29 heavy (non-hydrogen) atoms. The summed E-state index contributed by atoms with van der Waals surface area (Å²) >= 11 is 6.52. The Morgan fingerprint density at radius 2 is 2.07 bits per heavy atom. The second-order valence-electron chi connectivity index (χ2n) is 6.59. The highest BCUT2D eigenvalue weighted by Gasteiger charge is 2.31. The van der Waals surface area contributed by atoms with Gasteiger partial charge in [0.15, 0.2) is 0 Å². The number of amides is 2. The fraction of sp³-hybridized carbons (Fsp3) is 0.286. The van der Waals surface area contributed by atoms with Crippen molar-refractivity contribution in [2.75, 3.05) is 13.2 Å². The maximum atomic E-state index is 12.5. The van der Waals surface area contributed by atoms with Crippen molar-refractivity contribution in [1.82, 2.24) is 10.2 Å². The number of carbonyl (C=O) groups is 2.